The first-order valence-corrected chi connectivity index (χ1v) is 12.1. The molecule has 29 heavy (non-hydrogen) atoms. The summed E-state index contributed by atoms with van der Waals surface area (Å²) in [7, 11) is 0. The topological polar surface area (TPSA) is 70.1 Å². The number of hydrogen-bond donors (Lipinski definition) is 1. The SMILES string of the molecule is CCSc1ccsc1[C@H]1C(C#N)=C(N)N(c2cccc(Br)c2)C2=C1C(=O)CCC2. The molecule has 1 atom stereocenters. The number of allylic oxidation sites excluding steroid dienone is 3. The number of nitriles is 1. The van der Waals surface area contributed by atoms with Crippen molar-refractivity contribution in [1.82, 2.24) is 0 Å². The largest absolute Gasteiger partial charge is 0.384 e. The Kier molecular flexibility index (Phi) is 5.86. The van der Waals surface area contributed by atoms with Gasteiger partial charge in [0.25, 0.3) is 0 Å². The standard InChI is InChI=1S/C22H20BrN3OS2/c1-2-28-18-9-10-29-21(18)19-15(12-24)22(25)26(14-6-3-5-13(23)11-14)16-7-4-8-17(27)20(16)19/h3,5-6,9-11,19H,2,4,7-8,25H2,1H3/t19-/m0/s1. The molecule has 2 aliphatic rings. The van der Waals surface area contributed by atoms with Crippen molar-refractivity contribution in [3.63, 3.8) is 0 Å². The third-order valence-corrected chi connectivity index (χ3v) is 7.76. The van der Waals surface area contributed by atoms with E-state index in [2.05, 4.69) is 35.0 Å². The van der Waals surface area contributed by atoms with Gasteiger partial charge in [0, 0.05) is 37.6 Å². The Morgan fingerprint density at radius 1 is 1.38 bits per heavy atom. The molecule has 1 aromatic carbocycles. The average molecular weight is 486 g/mol. The van der Waals surface area contributed by atoms with E-state index < -0.39 is 0 Å². The minimum atomic E-state index is -0.375. The van der Waals surface area contributed by atoms with Crippen LogP contribution in [0.4, 0.5) is 5.69 Å². The van der Waals surface area contributed by atoms with Gasteiger partial charge in [0.1, 0.15) is 5.82 Å². The molecule has 0 radical (unpaired) electrons. The average Bonchev–Trinajstić information content (AvgIpc) is 3.15. The molecule has 2 aromatic rings. The second-order valence-electron chi connectivity index (χ2n) is 6.88. The Bertz CT molecular complexity index is 1080. The third kappa shape index (κ3) is 3.54. The van der Waals surface area contributed by atoms with Gasteiger partial charge in [-0.05, 0) is 48.2 Å². The number of rotatable bonds is 4. The van der Waals surface area contributed by atoms with Crippen molar-refractivity contribution >= 4 is 50.5 Å². The number of thioether (sulfide) groups is 1. The molecule has 4 rings (SSSR count). The molecule has 0 fully saturated rings. The van der Waals surface area contributed by atoms with Gasteiger partial charge in [-0.15, -0.1) is 23.1 Å². The molecule has 2 heterocycles. The molecule has 1 aromatic heterocycles. The number of halogens is 1. The number of anilines is 1. The van der Waals surface area contributed by atoms with E-state index in [9.17, 15) is 10.1 Å². The monoisotopic (exact) mass is 485 g/mol. The van der Waals surface area contributed by atoms with Crippen LogP contribution in [-0.4, -0.2) is 11.5 Å². The molecule has 0 unspecified atom stereocenters. The van der Waals surface area contributed by atoms with Crippen LogP contribution in [0.15, 0.2) is 67.7 Å². The zero-order chi connectivity index (χ0) is 20.5. The van der Waals surface area contributed by atoms with E-state index >= 15 is 0 Å². The summed E-state index contributed by atoms with van der Waals surface area (Å²) in [6.45, 7) is 2.11. The van der Waals surface area contributed by atoms with Crippen LogP contribution in [0.2, 0.25) is 0 Å². The number of benzene rings is 1. The van der Waals surface area contributed by atoms with E-state index in [-0.39, 0.29) is 11.7 Å². The smallest absolute Gasteiger partial charge is 0.161 e. The molecule has 148 valence electrons. The fourth-order valence-corrected chi connectivity index (χ4v) is 6.49. The van der Waals surface area contributed by atoms with Gasteiger partial charge < -0.3 is 5.73 Å². The van der Waals surface area contributed by atoms with Gasteiger partial charge in [-0.2, -0.15) is 5.26 Å². The number of ketones is 1. The highest BCUT2D eigenvalue weighted by Crippen LogP contribution is 2.49. The molecular weight excluding hydrogens is 466 g/mol. The zero-order valence-electron chi connectivity index (χ0n) is 15.9. The van der Waals surface area contributed by atoms with Gasteiger partial charge in [-0.3, -0.25) is 9.69 Å². The van der Waals surface area contributed by atoms with Crippen molar-refractivity contribution in [1.29, 1.82) is 5.26 Å². The molecule has 0 saturated heterocycles. The fourth-order valence-electron chi connectivity index (χ4n) is 4.05. The Morgan fingerprint density at radius 2 is 2.21 bits per heavy atom. The Labute approximate surface area is 187 Å². The molecule has 0 saturated carbocycles. The fraction of sp³-hybridized carbons (Fsp3) is 0.273. The molecule has 7 heteroatoms. The first kappa shape index (κ1) is 20.3. The van der Waals surface area contributed by atoms with Gasteiger partial charge in [-0.25, -0.2) is 0 Å². The maximum Gasteiger partial charge on any atom is 0.161 e. The van der Waals surface area contributed by atoms with Crippen LogP contribution in [-0.2, 0) is 4.79 Å². The van der Waals surface area contributed by atoms with Crippen LogP contribution in [0, 0.1) is 11.3 Å². The van der Waals surface area contributed by atoms with Crippen molar-refractivity contribution in [2.75, 3.05) is 10.7 Å². The van der Waals surface area contributed by atoms with E-state index in [1.807, 2.05) is 34.5 Å². The Morgan fingerprint density at radius 3 is 2.93 bits per heavy atom. The van der Waals surface area contributed by atoms with Gasteiger partial charge in [0.2, 0.25) is 0 Å². The summed E-state index contributed by atoms with van der Waals surface area (Å²) in [6.07, 6.45) is 2.08. The predicted molar refractivity (Wildman–Crippen MR) is 123 cm³/mol. The normalized spacial score (nSPS) is 19.4. The second-order valence-corrected chi connectivity index (χ2v) is 10.0. The van der Waals surface area contributed by atoms with Crippen molar-refractivity contribution in [3.8, 4) is 6.07 Å². The minimum absolute atomic E-state index is 0.123. The van der Waals surface area contributed by atoms with Crippen molar-refractivity contribution in [2.45, 2.75) is 37.0 Å². The lowest BCUT2D eigenvalue weighted by atomic mass is 9.78. The summed E-state index contributed by atoms with van der Waals surface area (Å²) in [4.78, 5) is 17.2. The number of thiophene rings is 1. The predicted octanol–water partition coefficient (Wildman–Crippen LogP) is 5.93. The number of nitrogens with zero attached hydrogens (tertiary/aromatic N) is 2. The van der Waals surface area contributed by atoms with Crippen molar-refractivity contribution in [2.24, 2.45) is 5.73 Å². The highest BCUT2D eigenvalue weighted by molar-refractivity contribution is 9.10. The number of hydrogen-bond acceptors (Lipinski definition) is 6. The maximum atomic E-state index is 13.1. The molecular formula is C22H20BrN3OS2. The second kappa shape index (κ2) is 8.39. The summed E-state index contributed by atoms with van der Waals surface area (Å²) < 4.78 is 0.924. The lowest BCUT2D eigenvalue weighted by Gasteiger charge is -2.39. The molecule has 4 nitrogen and oxygen atoms in total. The highest BCUT2D eigenvalue weighted by atomic mass is 79.9. The molecule has 0 spiro atoms. The van der Waals surface area contributed by atoms with Crippen LogP contribution in [0.5, 0.6) is 0 Å². The van der Waals surface area contributed by atoms with Crippen LogP contribution < -0.4 is 10.6 Å². The van der Waals surface area contributed by atoms with Crippen LogP contribution in [0.3, 0.4) is 0 Å². The van der Waals surface area contributed by atoms with Crippen LogP contribution in [0.25, 0.3) is 0 Å². The molecule has 0 amide bonds. The summed E-state index contributed by atoms with van der Waals surface area (Å²) >= 11 is 6.86. The highest BCUT2D eigenvalue weighted by Gasteiger charge is 2.41. The number of carbonyl (C=O) groups is 1. The van der Waals surface area contributed by atoms with E-state index in [4.69, 9.17) is 5.73 Å². The summed E-state index contributed by atoms with van der Waals surface area (Å²) in [5.74, 6) is 1.10. The zero-order valence-corrected chi connectivity index (χ0v) is 19.2. The van der Waals surface area contributed by atoms with E-state index in [0.29, 0.717) is 17.8 Å². The number of Topliss-reactive ketones (excluding diaryl/α,β-unsaturated/α-hetero) is 1. The van der Waals surface area contributed by atoms with E-state index in [1.54, 1.807) is 23.1 Å². The molecule has 1 aliphatic heterocycles. The Balaban J connectivity index is 1.96. The van der Waals surface area contributed by atoms with Crippen molar-refractivity contribution in [3.05, 3.63) is 67.7 Å². The number of nitrogens with two attached hydrogens (primary N) is 1. The summed E-state index contributed by atoms with van der Waals surface area (Å²) in [5.41, 5.74) is 9.60. The first-order chi connectivity index (χ1) is 14.1. The summed E-state index contributed by atoms with van der Waals surface area (Å²) in [6, 6.07) is 12.2. The minimum Gasteiger partial charge on any atom is -0.384 e. The van der Waals surface area contributed by atoms with Crippen LogP contribution in [0.1, 0.15) is 37.0 Å². The van der Waals surface area contributed by atoms with Crippen LogP contribution >= 0.6 is 39.0 Å². The van der Waals surface area contributed by atoms with Gasteiger partial charge in [-0.1, -0.05) is 28.9 Å². The number of carbonyl (C=O) groups excluding carboxylic acids is 1. The summed E-state index contributed by atoms with van der Waals surface area (Å²) in [5, 5.41) is 12.1. The van der Waals surface area contributed by atoms with E-state index in [0.717, 1.165) is 49.8 Å². The Hall–Kier alpha value is -2.01. The van der Waals surface area contributed by atoms with Gasteiger partial charge >= 0.3 is 0 Å². The third-order valence-electron chi connectivity index (χ3n) is 5.20. The van der Waals surface area contributed by atoms with Crippen molar-refractivity contribution < 1.29 is 4.79 Å². The maximum absolute atomic E-state index is 13.1. The lowest BCUT2D eigenvalue weighted by molar-refractivity contribution is -0.116. The molecule has 2 N–H and O–H groups in total. The first-order valence-electron chi connectivity index (χ1n) is 9.48. The lowest BCUT2D eigenvalue weighted by Crippen LogP contribution is -2.38. The molecule has 1 aliphatic carbocycles. The quantitative estimate of drug-likeness (QED) is 0.543. The van der Waals surface area contributed by atoms with Gasteiger partial charge in [0.15, 0.2) is 5.78 Å². The molecule has 0 bridgehead atoms. The van der Waals surface area contributed by atoms with Gasteiger partial charge in [0.05, 0.1) is 17.6 Å². The van der Waals surface area contributed by atoms with E-state index in [1.165, 1.54) is 0 Å².